The van der Waals surface area contributed by atoms with Gasteiger partial charge in [0.25, 0.3) is 0 Å². The Morgan fingerprint density at radius 3 is 2.65 bits per heavy atom. The number of nitrogens with zero attached hydrogens (tertiary/aromatic N) is 1. The summed E-state index contributed by atoms with van der Waals surface area (Å²) in [6.45, 7) is 6.88. The van der Waals surface area contributed by atoms with Gasteiger partial charge in [0, 0.05) is 38.2 Å². The Balaban J connectivity index is 0.00000480. The fraction of sp³-hybridized carbons (Fsp3) is 0.667. The van der Waals surface area contributed by atoms with Gasteiger partial charge in [-0.15, -0.1) is 24.0 Å². The van der Waals surface area contributed by atoms with Gasteiger partial charge in [-0.2, -0.15) is 0 Å². The molecule has 0 saturated carbocycles. The SMILES string of the molecule is CC(C)Oc1ccc(NC(=NCCCOCC2CCCO2)NCCS(C)(=O)=O)cc1.I. The van der Waals surface area contributed by atoms with Gasteiger partial charge in [-0.3, -0.25) is 4.99 Å². The van der Waals surface area contributed by atoms with Crippen molar-refractivity contribution in [3.05, 3.63) is 24.3 Å². The van der Waals surface area contributed by atoms with Crippen LogP contribution < -0.4 is 15.4 Å². The minimum absolute atomic E-state index is 0. The normalized spacial score (nSPS) is 16.8. The lowest BCUT2D eigenvalue weighted by Crippen LogP contribution is -2.34. The van der Waals surface area contributed by atoms with Crippen molar-refractivity contribution < 1.29 is 22.6 Å². The summed E-state index contributed by atoms with van der Waals surface area (Å²) in [6, 6.07) is 7.57. The quantitative estimate of drug-likeness (QED) is 0.173. The van der Waals surface area contributed by atoms with Gasteiger partial charge in [-0.1, -0.05) is 0 Å². The highest BCUT2D eigenvalue weighted by atomic mass is 127. The Labute approximate surface area is 203 Å². The molecular formula is C21H36IN3O5S. The molecule has 0 aromatic heterocycles. The van der Waals surface area contributed by atoms with E-state index < -0.39 is 9.84 Å². The van der Waals surface area contributed by atoms with Gasteiger partial charge in [-0.05, 0) is 57.4 Å². The van der Waals surface area contributed by atoms with Crippen molar-refractivity contribution in [3.63, 3.8) is 0 Å². The summed E-state index contributed by atoms with van der Waals surface area (Å²) in [7, 11) is -3.04. The molecule has 1 aromatic rings. The largest absolute Gasteiger partial charge is 0.491 e. The Hall–Kier alpha value is -1.11. The second-order valence-corrected chi connectivity index (χ2v) is 9.93. The topological polar surface area (TPSA) is 98.2 Å². The highest BCUT2D eigenvalue weighted by Crippen LogP contribution is 2.17. The molecule has 1 fully saturated rings. The monoisotopic (exact) mass is 569 g/mol. The van der Waals surface area contributed by atoms with Crippen molar-refractivity contribution in [1.29, 1.82) is 0 Å². The zero-order chi connectivity index (χ0) is 21.8. The minimum Gasteiger partial charge on any atom is -0.491 e. The summed E-state index contributed by atoms with van der Waals surface area (Å²) in [5.41, 5.74) is 0.839. The highest BCUT2D eigenvalue weighted by molar-refractivity contribution is 14.0. The van der Waals surface area contributed by atoms with Crippen molar-refractivity contribution in [2.75, 3.05) is 50.2 Å². The summed E-state index contributed by atoms with van der Waals surface area (Å²) in [4.78, 5) is 4.54. The lowest BCUT2D eigenvalue weighted by Gasteiger charge is -2.14. The molecule has 1 saturated heterocycles. The smallest absolute Gasteiger partial charge is 0.195 e. The Morgan fingerprint density at radius 1 is 1.29 bits per heavy atom. The third-order valence-electron chi connectivity index (χ3n) is 4.30. The first kappa shape index (κ1) is 27.9. The van der Waals surface area contributed by atoms with Gasteiger partial charge in [0.2, 0.25) is 0 Å². The molecule has 1 atom stereocenters. The molecule has 8 nitrogen and oxygen atoms in total. The second-order valence-electron chi connectivity index (χ2n) is 7.67. The second kappa shape index (κ2) is 14.9. The molecule has 0 aliphatic carbocycles. The van der Waals surface area contributed by atoms with Gasteiger partial charge in [0.1, 0.15) is 15.6 Å². The van der Waals surface area contributed by atoms with E-state index >= 15 is 0 Å². The van der Waals surface area contributed by atoms with Crippen molar-refractivity contribution in [1.82, 2.24) is 5.32 Å². The van der Waals surface area contributed by atoms with Crippen LogP contribution in [-0.4, -0.2) is 71.5 Å². The van der Waals surface area contributed by atoms with Gasteiger partial charge in [0.15, 0.2) is 5.96 Å². The number of sulfone groups is 1. The highest BCUT2D eigenvalue weighted by Gasteiger charge is 2.14. The molecule has 1 aliphatic rings. The number of anilines is 1. The number of guanidine groups is 1. The first-order chi connectivity index (χ1) is 14.3. The van der Waals surface area contributed by atoms with Crippen LogP contribution in [0.15, 0.2) is 29.3 Å². The Kier molecular flexibility index (Phi) is 13.4. The summed E-state index contributed by atoms with van der Waals surface area (Å²) in [5, 5.41) is 6.28. The van der Waals surface area contributed by atoms with E-state index in [0.717, 1.165) is 37.3 Å². The number of benzene rings is 1. The first-order valence-corrected chi connectivity index (χ1v) is 12.6. The Morgan fingerprint density at radius 2 is 2.03 bits per heavy atom. The molecule has 1 aliphatic heterocycles. The first-order valence-electron chi connectivity index (χ1n) is 10.5. The molecular weight excluding hydrogens is 533 g/mol. The number of nitrogens with one attached hydrogen (secondary N) is 2. The molecule has 31 heavy (non-hydrogen) atoms. The number of ether oxygens (including phenoxy) is 3. The van der Waals surface area contributed by atoms with E-state index in [9.17, 15) is 8.42 Å². The van der Waals surface area contributed by atoms with Crippen molar-refractivity contribution >= 4 is 45.5 Å². The van der Waals surface area contributed by atoms with Gasteiger partial charge in [0.05, 0.1) is 24.6 Å². The maximum atomic E-state index is 11.4. The molecule has 178 valence electrons. The van der Waals surface area contributed by atoms with Gasteiger partial charge < -0.3 is 24.8 Å². The third-order valence-corrected chi connectivity index (χ3v) is 5.24. The summed E-state index contributed by atoms with van der Waals surface area (Å²) < 4.78 is 39.6. The van der Waals surface area contributed by atoms with E-state index in [1.807, 2.05) is 38.1 Å². The lowest BCUT2D eigenvalue weighted by atomic mass is 10.2. The molecule has 2 rings (SSSR count). The third kappa shape index (κ3) is 13.1. The summed E-state index contributed by atoms with van der Waals surface area (Å²) >= 11 is 0. The van der Waals surface area contributed by atoms with Crippen LogP contribution in [0.3, 0.4) is 0 Å². The van der Waals surface area contributed by atoms with Gasteiger partial charge >= 0.3 is 0 Å². The van der Waals surface area contributed by atoms with Crippen molar-refractivity contribution in [2.45, 2.75) is 45.3 Å². The zero-order valence-corrected chi connectivity index (χ0v) is 21.8. The Bertz CT molecular complexity index is 751. The van der Waals surface area contributed by atoms with Gasteiger partial charge in [-0.25, -0.2) is 8.42 Å². The predicted octanol–water partition coefficient (Wildman–Crippen LogP) is 3.08. The standard InChI is InChI=1S/C21H35N3O5S.HI/c1-17(2)29-19-9-7-18(8-10-19)24-21(23-12-15-30(3,25)26)22-11-5-13-27-16-20-6-4-14-28-20;/h7-10,17,20H,4-6,11-16H2,1-3H3,(H2,22,23,24);1H. The van der Waals surface area contributed by atoms with Crippen LogP contribution in [0.4, 0.5) is 5.69 Å². The van der Waals surface area contributed by atoms with E-state index in [1.165, 1.54) is 6.26 Å². The number of halogens is 1. The molecule has 10 heteroatoms. The molecule has 1 unspecified atom stereocenters. The molecule has 0 bridgehead atoms. The van der Waals surface area contributed by atoms with E-state index in [1.54, 1.807) is 0 Å². The van der Waals surface area contributed by atoms with E-state index in [4.69, 9.17) is 14.2 Å². The van der Waals surface area contributed by atoms with E-state index in [-0.39, 0.29) is 48.5 Å². The van der Waals surface area contributed by atoms with Crippen LogP contribution in [0, 0.1) is 0 Å². The van der Waals surface area contributed by atoms with E-state index in [0.29, 0.717) is 25.7 Å². The number of rotatable bonds is 12. The summed E-state index contributed by atoms with van der Waals surface area (Å²) in [6.07, 6.45) is 4.51. The van der Waals surface area contributed by atoms with Crippen molar-refractivity contribution in [2.24, 2.45) is 4.99 Å². The molecule has 0 spiro atoms. The maximum Gasteiger partial charge on any atom is 0.195 e. The fourth-order valence-electron chi connectivity index (χ4n) is 2.87. The van der Waals surface area contributed by atoms with Crippen molar-refractivity contribution in [3.8, 4) is 5.75 Å². The van der Waals surface area contributed by atoms with E-state index in [2.05, 4.69) is 15.6 Å². The van der Waals surface area contributed by atoms with Crippen LogP contribution >= 0.6 is 24.0 Å². The fourth-order valence-corrected chi connectivity index (χ4v) is 3.34. The number of aliphatic imine (C=N–C) groups is 1. The molecule has 1 aromatic carbocycles. The molecule has 2 N–H and O–H groups in total. The number of hydrogen-bond donors (Lipinski definition) is 2. The summed E-state index contributed by atoms with van der Waals surface area (Å²) in [5.74, 6) is 1.37. The average Bonchev–Trinajstić information content (AvgIpc) is 3.18. The molecule has 0 radical (unpaired) electrons. The van der Waals surface area contributed by atoms with Crippen LogP contribution in [0.2, 0.25) is 0 Å². The predicted molar refractivity (Wildman–Crippen MR) is 136 cm³/mol. The molecule has 1 heterocycles. The minimum atomic E-state index is -3.04. The van der Waals surface area contributed by atoms with Crippen LogP contribution in [0.1, 0.15) is 33.1 Å². The maximum absolute atomic E-state index is 11.4. The number of hydrogen-bond acceptors (Lipinski definition) is 6. The average molecular weight is 570 g/mol. The zero-order valence-electron chi connectivity index (χ0n) is 18.6. The van der Waals surface area contributed by atoms with Crippen LogP contribution in [0.25, 0.3) is 0 Å². The van der Waals surface area contributed by atoms with Crippen LogP contribution in [-0.2, 0) is 19.3 Å². The van der Waals surface area contributed by atoms with Crippen LogP contribution in [0.5, 0.6) is 5.75 Å². The lowest BCUT2D eigenvalue weighted by molar-refractivity contribution is 0.0171. The molecule has 0 amide bonds.